The predicted molar refractivity (Wildman–Crippen MR) is 107 cm³/mol. The number of benzene rings is 1. The number of quaternary nitrogens is 1. The van der Waals surface area contributed by atoms with Crippen LogP contribution in [0.1, 0.15) is 88.4 Å². The fourth-order valence-electron chi connectivity index (χ4n) is 4.42. The molecule has 27 heavy (non-hydrogen) atoms. The van der Waals surface area contributed by atoms with Crippen molar-refractivity contribution in [3.63, 3.8) is 0 Å². The van der Waals surface area contributed by atoms with Crippen LogP contribution in [0.2, 0.25) is 0 Å². The van der Waals surface area contributed by atoms with Crippen LogP contribution in [-0.2, 0) is 12.8 Å². The molecule has 3 N–H and O–H groups in total. The maximum Gasteiger partial charge on any atom is 0.235 e. The topological polar surface area (TPSA) is 66.5 Å². The van der Waals surface area contributed by atoms with Gasteiger partial charge in [0.05, 0.1) is 5.69 Å². The van der Waals surface area contributed by atoms with E-state index in [1.807, 2.05) is 20.8 Å². The van der Waals surface area contributed by atoms with E-state index >= 15 is 0 Å². The summed E-state index contributed by atoms with van der Waals surface area (Å²) < 4.78 is 0. The molecule has 0 amide bonds. The molecule has 0 radical (unpaired) electrons. The molecule has 4 heteroatoms. The summed E-state index contributed by atoms with van der Waals surface area (Å²) in [5, 5.41) is 2.12. The summed E-state index contributed by atoms with van der Waals surface area (Å²) in [5.74, 6) is 0.0484. The third kappa shape index (κ3) is 3.91. The number of hydrogen-bond acceptors (Lipinski definition) is 2. The Labute approximate surface area is 161 Å². The Morgan fingerprint density at radius 2 is 1.74 bits per heavy atom. The van der Waals surface area contributed by atoms with Crippen molar-refractivity contribution in [2.24, 2.45) is 0 Å². The number of aryl methyl sites for hydroxylation is 3. The standard InChI is InChI=1S/C23H30N2O2/c1-13-21(17(5)26)15(3)25-22(13)23(27)16(4)24-14(2)19-11-10-18-8-6-7-9-20(18)12-19/h10-12,14,16,24-25H,6-9H2,1-5H3/p+1/t14-,16-/m1/s1. The van der Waals surface area contributed by atoms with E-state index in [2.05, 4.69) is 35.4 Å². The van der Waals surface area contributed by atoms with Gasteiger partial charge in [0, 0.05) is 16.8 Å². The van der Waals surface area contributed by atoms with E-state index in [1.165, 1.54) is 42.4 Å². The number of aromatic amines is 1. The van der Waals surface area contributed by atoms with Gasteiger partial charge in [-0.3, -0.25) is 9.59 Å². The highest BCUT2D eigenvalue weighted by molar-refractivity contribution is 6.04. The van der Waals surface area contributed by atoms with Crippen LogP contribution in [0.5, 0.6) is 0 Å². The highest BCUT2D eigenvalue weighted by atomic mass is 16.1. The Bertz CT molecular complexity index is 879. The van der Waals surface area contributed by atoms with Crippen LogP contribution < -0.4 is 5.32 Å². The number of aromatic nitrogens is 1. The quantitative estimate of drug-likeness (QED) is 0.766. The molecular formula is C23H31N2O2+. The number of Topliss-reactive ketones (excluding diaryl/α,β-unsaturated/α-hetero) is 2. The molecule has 1 aliphatic rings. The van der Waals surface area contributed by atoms with Gasteiger partial charge in [-0.15, -0.1) is 0 Å². The lowest BCUT2D eigenvalue weighted by Crippen LogP contribution is -2.91. The lowest BCUT2D eigenvalue weighted by atomic mass is 9.89. The van der Waals surface area contributed by atoms with Crippen LogP contribution in [-0.4, -0.2) is 22.6 Å². The molecule has 1 heterocycles. The molecule has 144 valence electrons. The molecule has 0 saturated heterocycles. The maximum absolute atomic E-state index is 13.0. The van der Waals surface area contributed by atoms with Crippen molar-refractivity contribution < 1.29 is 14.9 Å². The normalized spacial score (nSPS) is 15.9. The lowest BCUT2D eigenvalue weighted by Gasteiger charge is -2.20. The zero-order chi connectivity index (χ0) is 19.7. The summed E-state index contributed by atoms with van der Waals surface area (Å²) in [6, 6.07) is 6.79. The zero-order valence-electron chi connectivity index (χ0n) is 17.1. The van der Waals surface area contributed by atoms with E-state index in [-0.39, 0.29) is 23.7 Å². The first kappa shape index (κ1) is 19.6. The van der Waals surface area contributed by atoms with E-state index < -0.39 is 0 Å². The van der Waals surface area contributed by atoms with Gasteiger partial charge in [0.1, 0.15) is 12.1 Å². The van der Waals surface area contributed by atoms with Gasteiger partial charge in [-0.1, -0.05) is 12.1 Å². The molecule has 1 aromatic heterocycles. The molecule has 0 saturated carbocycles. The third-order valence-electron chi connectivity index (χ3n) is 5.93. The maximum atomic E-state index is 13.0. The molecule has 4 nitrogen and oxygen atoms in total. The Morgan fingerprint density at radius 1 is 1.07 bits per heavy atom. The van der Waals surface area contributed by atoms with Gasteiger partial charge in [0.25, 0.3) is 0 Å². The zero-order valence-corrected chi connectivity index (χ0v) is 17.1. The fraction of sp³-hybridized carbons (Fsp3) is 0.478. The Morgan fingerprint density at radius 3 is 2.37 bits per heavy atom. The van der Waals surface area contributed by atoms with Crippen molar-refractivity contribution in [2.75, 3.05) is 0 Å². The Balaban J connectivity index is 1.75. The first-order valence-electron chi connectivity index (χ1n) is 10.0. The molecule has 0 spiro atoms. The Hall–Kier alpha value is -2.20. The second-order valence-corrected chi connectivity index (χ2v) is 8.05. The monoisotopic (exact) mass is 367 g/mol. The SMILES string of the molecule is CC(=O)c1c(C)[nH]c(C(=O)[C@@H](C)[NH2+][C@H](C)c2ccc3c(c2)CCCC3)c1C. The van der Waals surface area contributed by atoms with Crippen LogP contribution >= 0.6 is 0 Å². The number of fused-ring (bicyclic) bond motifs is 1. The molecule has 2 aromatic rings. The van der Waals surface area contributed by atoms with Crippen LogP contribution in [0.25, 0.3) is 0 Å². The van der Waals surface area contributed by atoms with Crippen molar-refractivity contribution in [2.45, 2.75) is 72.4 Å². The summed E-state index contributed by atoms with van der Waals surface area (Å²) >= 11 is 0. The van der Waals surface area contributed by atoms with Crippen molar-refractivity contribution in [3.8, 4) is 0 Å². The van der Waals surface area contributed by atoms with Crippen molar-refractivity contribution in [1.29, 1.82) is 0 Å². The molecule has 0 bridgehead atoms. The minimum Gasteiger partial charge on any atom is -0.355 e. The van der Waals surface area contributed by atoms with Crippen molar-refractivity contribution in [1.82, 2.24) is 4.98 Å². The van der Waals surface area contributed by atoms with Gasteiger partial charge in [0.15, 0.2) is 5.78 Å². The molecule has 0 unspecified atom stereocenters. The molecule has 1 aliphatic carbocycles. The van der Waals surface area contributed by atoms with Gasteiger partial charge < -0.3 is 10.3 Å². The summed E-state index contributed by atoms with van der Waals surface area (Å²) in [4.78, 5) is 28.0. The number of hydrogen-bond donors (Lipinski definition) is 2. The molecular weight excluding hydrogens is 336 g/mol. The lowest BCUT2D eigenvalue weighted by molar-refractivity contribution is -0.709. The van der Waals surface area contributed by atoms with Gasteiger partial charge in [-0.25, -0.2) is 0 Å². The van der Waals surface area contributed by atoms with E-state index in [4.69, 9.17) is 0 Å². The first-order chi connectivity index (χ1) is 12.8. The average molecular weight is 368 g/mol. The van der Waals surface area contributed by atoms with Crippen LogP contribution in [0.4, 0.5) is 0 Å². The number of nitrogens with two attached hydrogens (primary N) is 1. The number of carbonyl (C=O) groups excluding carboxylic acids is 2. The minimum atomic E-state index is -0.215. The van der Waals surface area contributed by atoms with Gasteiger partial charge >= 0.3 is 0 Å². The second kappa shape index (κ2) is 7.81. The van der Waals surface area contributed by atoms with Crippen molar-refractivity contribution >= 4 is 11.6 Å². The number of nitrogens with one attached hydrogen (secondary N) is 1. The fourth-order valence-corrected chi connectivity index (χ4v) is 4.42. The molecule has 2 atom stereocenters. The molecule has 3 rings (SSSR count). The van der Waals surface area contributed by atoms with Crippen LogP contribution in [0.3, 0.4) is 0 Å². The summed E-state index contributed by atoms with van der Waals surface area (Å²) in [5.41, 5.74) is 6.99. The van der Waals surface area contributed by atoms with Gasteiger partial charge in [-0.05, 0) is 83.1 Å². The third-order valence-corrected chi connectivity index (χ3v) is 5.93. The highest BCUT2D eigenvalue weighted by Crippen LogP contribution is 2.24. The first-order valence-corrected chi connectivity index (χ1v) is 10.0. The minimum absolute atomic E-state index is 0.000593. The highest BCUT2D eigenvalue weighted by Gasteiger charge is 2.27. The second-order valence-electron chi connectivity index (χ2n) is 8.05. The number of carbonyl (C=O) groups is 2. The van der Waals surface area contributed by atoms with Gasteiger partial charge in [-0.2, -0.15) is 0 Å². The van der Waals surface area contributed by atoms with Gasteiger partial charge in [0.2, 0.25) is 5.78 Å². The molecule has 0 aliphatic heterocycles. The van der Waals surface area contributed by atoms with E-state index in [0.29, 0.717) is 11.3 Å². The van der Waals surface area contributed by atoms with Crippen molar-refractivity contribution in [3.05, 3.63) is 57.4 Å². The van der Waals surface area contributed by atoms with Crippen LogP contribution in [0.15, 0.2) is 18.2 Å². The number of rotatable bonds is 6. The average Bonchev–Trinajstić information content (AvgIpc) is 2.94. The van der Waals surface area contributed by atoms with E-state index in [0.717, 1.165) is 11.3 Å². The number of H-pyrrole nitrogens is 1. The van der Waals surface area contributed by atoms with Crippen LogP contribution in [0, 0.1) is 13.8 Å². The summed E-state index contributed by atoms with van der Waals surface area (Å²) in [6.07, 6.45) is 4.91. The molecule has 0 fully saturated rings. The smallest absolute Gasteiger partial charge is 0.235 e. The largest absolute Gasteiger partial charge is 0.355 e. The Kier molecular flexibility index (Phi) is 5.66. The summed E-state index contributed by atoms with van der Waals surface area (Å²) in [6.45, 7) is 9.35. The summed E-state index contributed by atoms with van der Waals surface area (Å²) in [7, 11) is 0. The number of ketones is 2. The molecule has 1 aromatic carbocycles. The van der Waals surface area contributed by atoms with E-state index in [9.17, 15) is 9.59 Å². The van der Waals surface area contributed by atoms with E-state index in [1.54, 1.807) is 6.92 Å². The predicted octanol–water partition coefficient (Wildman–Crippen LogP) is 3.61.